The van der Waals surface area contributed by atoms with Crippen molar-refractivity contribution in [3.63, 3.8) is 0 Å². The third-order valence-electron chi connectivity index (χ3n) is 3.53. The van der Waals surface area contributed by atoms with Crippen LogP contribution in [-0.2, 0) is 4.74 Å². The molecule has 0 spiro atoms. The average Bonchev–Trinajstić information content (AvgIpc) is 2.98. The number of aromatic nitrogens is 1. The summed E-state index contributed by atoms with van der Waals surface area (Å²) in [6.45, 7) is 2.04. The van der Waals surface area contributed by atoms with Crippen LogP contribution in [-0.4, -0.2) is 23.1 Å². The first-order valence-electron chi connectivity index (χ1n) is 7.18. The highest BCUT2D eigenvalue weighted by Gasteiger charge is 2.14. The molecule has 0 aliphatic rings. The van der Waals surface area contributed by atoms with Crippen LogP contribution in [0.25, 0.3) is 10.9 Å². The first-order valence-corrected chi connectivity index (χ1v) is 7.56. The van der Waals surface area contributed by atoms with E-state index >= 15 is 0 Å². The molecule has 1 aromatic heterocycles. The molecule has 0 saturated heterocycles. The number of fused-ring (bicyclic) bond motifs is 1. The predicted octanol–water partition coefficient (Wildman–Crippen LogP) is 4.53. The Bertz CT molecular complexity index is 881. The molecule has 4 nitrogen and oxygen atoms in total. The first kappa shape index (κ1) is 15.3. The van der Waals surface area contributed by atoms with Crippen molar-refractivity contribution in [2.24, 2.45) is 0 Å². The number of ether oxygens (including phenoxy) is 1. The summed E-state index contributed by atoms with van der Waals surface area (Å²) in [5.41, 5.74) is 1.69. The van der Waals surface area contributed by atoms with Crippen molar-refractivity contribution < 1.29 is 14.3 Å². The van der Waals surface area contributed by atoms with Crippen LogP contribution in [0.3, 0.4) is 0 Å². The normalized spacial score (nSPS) is 10.7. The zero-order valence-electron chi connectivity index (χ0n) is 12.5. The summed E-state index contributed by atoms with van der Waals surface area (Å²) in [6.07, 6.45) is 1.18. The Labute approximate surface area is 138 Å². The molecule has 3 rings (SSSR count). The van der Waals surface area contributed by atoms with Gasteiger partial charge in [-0.15, -0.1) is 0 Å². The quantitative estimate of drug-likeness (QED) is 0.664. The Balaban J connectivity index is 2.01. The number of benzene rings is 2. The summed E-state index contributed by atoms with van der Waals surface area (Å²) in [5.74, 6) is -0.125. The SMILES string of the molecule is CCOC(=O)n1ccc2ccc(C(=O)c3ccc(Cl)cc3)cc21. The molecule has 3 aromatic rings. The lowest BCUT2D eigenvalue weighted by Gasteiger charge is -2.06. The van der Waals surface area contributed by atoms with Gasteiger partial charge >= 0.3 is 6.09 Å². The summed E-state index contributed by atoms with van der Waals surface area (Å²) in [4.78, 5) is 24.5. The molecule has 0 radical (unpaired) electrons. The molecular formula is C18H14ClNO3. The Morgan fingerprint density at radius 1 is 1.04 bits per heavy atom. The fourth-order valence-corrected chi connectivity index (χ4v) is 2.52. The molecule has 2 aromatic carbocycles. The summed E-state index contributed by atoms with van der Waals surface area (Å²) >= 11 is 5.85. The minimum absolute atomic E-state index is 0.125. The van der Waals surface area contributed by atoms with Gasteiger partial charge in [-0.1, -0.05) is 23.7 Å². The summed E-state index contributed by atoms with van der Waals surface area (Å²) in [5, 5.41) is 1.44. The molecule has 116 valence electrons. The minimum atomic E-state index is -0.460. The van der Waals surface area contributed by atoms with E-state index in [1.54, 1.807) is 49.5 Å². The largest absolute Gasteiger partial charge is 0.449 e. The summed E-state index contributed by atoms with van der Waals surface area (Å²) in [7, 11) is 0. The van der Waals surface area contributed by atoms with Crippen molar-refractivity contribution in [1.82, 2.24) is 4.57 Å². The number of halogens is 1. The molecule has 0 amide bonds. The molecule has 0 aliphatic carbocycles. The molecule has 0 bridgehead atoms. The smallest absolute Gasteiger partial charge is 0.418 e. The van der Waals surface area contributed by atoms with E-state index in [4.69, 9.17) is 16.3 Å². The lowest BCUT2D eigenvalue weighted by molar-refractivity contribution is 0.103. The van der Waals surface area contributed by atoms with Gasteiger partial charge in [-0.05, 0) is 43.3 Å². The number of hydrogen-bond acceptors (Lipinski definition) is 3. The second kappa shape index (κ2) is 6.26. The highest BCUT2D eigenvalue weighted by molar-refractivity contribution is 6.30. The fraction of sp³-hybridized carbons (Fsp3) is 0.111. The molecule has 0 atom stereocenters. The van der Waals surface area contributed by atoms with Crippen molar-refractivity contribution in [1.29, 1.82) is 0 Å². The Morgan fingerprint density at radius 2 is 1.74 bits per heavy atom. The molecule has 0 aliphatic heterocycles. The number of nitrogens with zero attached hydrogens (tertiary/aromatic N) is 1. The maximum Gasteiger partial charge on any atom is 0.418 e. The third-order valence-corrected chi connectivity index (χ3v) is 3.78. The molecular weight excluding hydrogens is 314 g/mol. The van der Waals surface area contributed by atoms with Crippen LogP contribution < -0.4 is 0 Å². The molecule has 23 heavy (non-hydrogen) atoms. The first-order chi connectivity index (χ1) is 11.1. The third kappa shape index (κ3) is 2.98. The lowest BCUT2D eigenvalue weighted by atomic mass is 10.0. The fourth-order valence-electron chi connectivity index (χ4n) is 2.39. The molecule has 0 unspecified atom stereocenters. The van der Waals surface area contributed by atoms with E-state index in [1.165, 1.54) is 4.57 Å². The van der Waals surface area contributed by atoms with Crippen molar-refractivity contribution in [2.45, 2.75) is 6.92 Å². The van der Waals surface area contributed by atoms with Crippen molar-refractivity contribution in [3.05, 3.63) is 70.9 Å². The minimum Gasteiger partial charge on any atom is -0.449 e. The van der Waals surface area contributed by atoms with Crippen LogP contribution in [0.1, 0.15) is 22.8 Å². The average molecular weight is 328 g/mol. The van der Waals surface area contributed by atoms with Gasteiger partial charge in [0.25, 0.3) is 0 Å². The van der Waals surface area contributed by atoms with E-state index in [-0.39, 0.29) is 5.78 Å². The van der Waals surface area contributed by atoms with E-state index < -0.39 is 6.09 Å². The monoisotopic (exact) mass is 327 g/mol. The van der Waals surface area contributed by atoms with Crippen molar-refractivity contribution in [3.8, 4) is 0 Å². The van der Waals surface area contributed by atoms with E-state index in [1.807, 2.05) is 12.1 Å². The lowest BCUT2D eigenvalue weighted by Crippen LogP contribution is -2.12. The van der Waals surface area contributed by atoms with Gasteiger partial charge in [-0.25, -0.2) is 4.79 Å². The Morgan fingerprint density at radius 3 is 2.43 bits per heavy atom. The van der Waals surface area contributed by atoms with Crippen molar-refractivity contribution in [2.75, 3.05) is 6.61 Å². The molecule has 0 saturated carbocycles. The number of hydrogen-bond donors (Lipinski definition) is 0. The number of ketones is 1. The molecule has 0 fully saturated rings. The number of rotatable bonds is 3. The second-order valence-electron chi connectivity index (χ2n) is 4.99. The van der Waals surface area contributed by atoms with Gasteiger partial charge in [0, 0.05) is 27.7 Å². The highest BCUT2D eigenvalue weighted by atomic mass is 35.5. The molecule has 5 heteroatoms. The van der Waals surface area contributed by atoms with Gasteiger partial charge in [0.15, 0.2) is 5.78 Å². The zero-order chi connectivity index (χ0) is 16.4. The van der Waals surface area contributed by atoms with Crippen LogP contribution in [0.2, 0.25) is 5.02 Å². The van der Waals surface area contributed by atoms with E-state index in [2.05, 4.69) is 0 Å². The van der Waals surface area contributed by atoms with Crippen LogP contribution >= 0.6 is 11.6 Å². The van der Waals surface area contributed by atoms with Gasteiger partial charge in [-0.3, -0.25) is 9.36 Å². The Hall–Kier alpha value is -2.59. The maximum absolute atomic E-state index is 12.6. The highest BCUT2D eigenvalue weighted by Crippen LogP contribution is 2.21. The van der Waals surface area contributed by atoms with Gasteiger partial charge in [-0.2, -0.15) is 0 Å². The standard InChI is InChI=1S/C18H14ClNO3/c1-2-23-18(22)20-10-9-12-3-4-14(11-16(12)20)17(21)13-5-7-15(19)8-6-13/h3-11H,2H2,1H3. The maximum atomic E-state index is 12.6. The Kier molecular flexibility index (Phi) is 4.17. The van der Waals surface area contributed by atoms with Crippen LogP contribution in [0.15, 0.2) is 54.7 Å². The van der Waals surface area contributed by atoms with Crippen LogP contribution in [0.5, 0.6) is 0 Å². The molecule has 0 N–H and O–H groups in total. The number of carbonyl (C=O) groups is 2. The topological polar surface area (TPSA) is 48.3 Å². The van der Waals surface area contributed by atoms with Crippen LogP contribution in [0.4, 0.5) is 4.79 Å². The molecule has 1 heterocycles. The van der Waals surface area contributed by atoms with E-state index in [0.717, 1.165) is 5.39 Å². The van der Waals surface area contributed by atoms with Gasteiger partial charge < -0.3 is 4.74 Å². The van der Waals surface area contributed by atoms with Crippen LogP contribution in [0, 0.1) is 0 Å². The van der Waals surface area contributed by atoms with Gasteiger partial charge in [0.05, 0.1) is 12.1 Å². The predicted molar refractivity (Wildman–Crippen MR) is 89.2 cm³/mol. The van der Waals surface area contributed by atoms with E-state index in [9.17, 15) is 9.59 Å². The van der Waals surface area contributed by atoms with Gasteiger partial charge in [0.2, 0.25) is 0 Å². The number of carbonyl (C=O) groups excluding carboxylic acids is 2. The van der Waals surface area contributed by atoms with Crippen molar-refractivity contribution >= 4 is 34.4 Å². The summed E-state index contributed by atoms with van der Waals surface area (Å²) < 4.78 is 6.42. The van der Waals surface area contributed by atoms with Gasteiger partial charge in [0.1, 0.15) is 0 Å². The van der Waals surface area contributed by atoms with E-state index in [0.29, 0.717) is 28.3 Å². The second-order valence-corrected chi connectivity index (χ2v) is 5.43. The summed E-state index contributed by atoms with van der Waals surface area (Å²) in [6, 6.07) is 13.8. The zero-order valence-corrected chi connectivity index (χ0v) is 13.2.